The summed E-state index contributed by atoms with van der Waals surface area (Å²) in [5.41, 5.74) is -0.686. The minimum absolute atomic E-state index is 0.0487. The molecule has 4 N–H and O–H groups in total. The molecule has 1 aliphatic rings. The molecule has 34 heavy (non-hydrogen) atoms. The van der Waals surface area contributed by atoms with Crippen LogP contribution in [0.2, 0.25) is 0 Å². The van der Waals surface area contributed by atoms with Gasteiger partial charge in [-0.3, -0.25) is 4.79 Å². The Bertz CT molecular complexity index is 757. The van der Waals surface area contributed by atoms with Gasteiger partial charge in [-0.05, 0) is 18.2 Å². The Morgan fingerprint density at radius 3 is 2.44 bits per heavy atom. The normalized spacial score (nSPS) is 25.3. The first-order chi connectivity index (χ1) is 16.1. The molecule has 9 nitrogen and oxygen atoms in total. The van der Waals surface area contributed by atoms with E-state index < -0.39 is 54.9 Å². The van der Waals surface area contributed by atoms with Crippen LogP contribution in [0.3, 0.4) is 0 Å². The SMILES string of the molecule is CC(=O)N[C@H]1[C@@H](OCCOCCOCCSc2cccc(C(F)(F)F)c2)O[C@H](CO)[C@@H](O)[C@@H]1O. The third-order valence-electron chi connectivity index (χ3n) is 4.79. The fraction of sp³-hybridized carbons (Fsp3) is 0.667. The van der Waals surface area contributed by atoms with E-state index in [1.54, 1.807) is 6.07 Å². The molecule has 13 heteroatoms. The van der Waals surface area contributed by atoms with Crippen molar-refractivity contribution < 1.29 is 52.2 Å². The minimum Gasteiger partial charge on any atom is -0.394 e. The van der Waals surface area contributed by atoms with Crippen LogP contribution in [0.5, 0.6) is 0 Å². The van der Waals surface area contributed by atoms with Crippen molar-refractivity contribution in [2.45, 2.75) is 48.6 Å². The third kappa shape index (κ3) is 9.30. The van der Waals surface area contributed by atoms with Gasteiger partial charge in [-0.25, -0.2) is 0 Å². The molecule has 1 fully saturated rings. The van der Waals surface area contributed by atoms with Crippen molar-refractivity contribution in [3.05, 3.63) is 29.8 Å². The highest BCUT2D eigenvalue weighted by Gasteiger charge is 2.45. The van der Waals surface area contributed by atoms with E-state index in [2.05, 4.69) is 5.32 Å². The number of nitrogens with one attached hydrogen (secondary N) is 1. The summed E-state index contributed by atoms with van der Waals surface area (Å²) in [5.74, 6) is 0.0317. The summed E-state index contributed by atoms with van der Waals surface area (Å²) in [6, 6.07) is 4.08. The molecule has 0 saturated carbocycles. The first kappa shape index (κ1) is 28.8. The van der Waals surface area contributed by atoms with Gasteiger partial charge in [0.1, 0.15) is 24.4 Å². The van der Waals surface area contributed by atoms with Gasteiger partial charge >= 0.3 is 6.18 Å². The van der Waals surface area contributed by atoms with Crippen LogP contribution in [0, 0.1) is 0 Å². The maximum absolute atomic E-state index is 12.7. The summed E-state index contributed by atoms with van der Waals surface area (Å²) >= 11 is 1.26. The Hall–Kier alpha value is -1.45. The molecular weight excluding hydrogens is 483 g/mol. The van der Waals surface area contributed by atoms with Crippen molar-refractivity contribution in [1.82, 2.24) is 5.32 Å². The molecule has 0 bridgehead atoms. The van der Waals surface area contributed by atoms with Gasteiger partial charge in [0.25, 0.3) is 0 Å². The van der Waals surface area contributed by atoms with Crippen LogP contribution in [0.1, 0.15) is 12.5 Å². The van der Waals surface area contributed by atoms with Gasteiger partial charge in [0, 0.05) is 17.6 Å². The van der Waals surface area contributed by atoms with Gasteiger partial charge < -0.3 is 39.6 Å². The number of halogens is 3. The van der Waals surface area contributed by atoms with Crippen LogP contribution in [0.4, 0.5) is 13.2 Å². The molecular formula is C21H30F3NO8S. The molecule has 194 valence electrons. The molecule has 0 aromatic heterocycles. The van der Waals surface area contributed by atoms with Crippen molar-refractivity contribution >= 4 is 17.7 Å². The largest absolute Gasteiger partial charge is 0.416 e. The molecule has 0 unspecified atom stereocenters. The first-order valence-electron chi connectivity index (χ1n) is 10.6. The number of alkyl halides is 3. The Morgan fingerprint density at radius 1 is 1.12 bits per heavy atom. The van der Waals surface area contributed by atoms with Gasteiger partial charge in [0.15, 0.2) is 6.29 Å². The average Bonchev–Trinajstić information content (AvgIpc) is 2.78. The van der Waals surface area contributed by atoms with E-state index in [4.69, 9.17) is 18.9 Å². The highest BCUT2D eigenvalue weighted by molar-refractivity contribution is 7.99. The van der Waals surface area contributed by atoms with Crippen LogP contribution in [-0.4, -0.2) is 97.3 Å². The van der Waals surface area contributed by atoms with Crippen molar-refractivity contribution in [3.8, 4) is 0 Å². The Labute approximate surface area is 199 Å². The molecule has 2 rings (SSSR count). The van der Waals surface area contributed by atoms with Crippen molar-refractivity contribution in [1.29, 1.82) is 0 Å². The zero-order chi connectivity index (χ0) is 25.1. The van der Waals surface area contributed by atoms with Crippen molar-refractivity contribution in [2.24, 2.45) is 0 Å². The molecule has 1 aromatic carbocycles. The summed E-state index contributed by atoms with van der Waals surface area (Å²) < 4.78 is 59.8. The lowest BCUT2D eigenvalue weighted by molar-refractivity contribution is -0.272. The van der Waals surface area contributed by atoms with Crippen molar-refractivity contribution in [3.63, 3.8) is 0 Å². The standard InChI is InChI=1S/C21H30F3NO8S/c1-13(27)25-17-19(29)18(28)16(12-26)33-20(17)32-8-7-30-5-6-31-9-10-34-15-4-2-3-14(11-15)21(22,23)24/h2-4,11,16-20,26,28-29H,5-10,12H2,1H3,(H,25,27)/t16-,17-,18-,19-,20+/m1/s1. The fourth-order valence-corrected chi connectivity index (χ4v) is 3.96. The lowest BCUT2D eigenvalue weighted by Gasteiger charge is -2.42. The second kappa shape index (κ2) is 14.2. The molecule has 1 heterocycles. The second-order valence-electron chi connectivity index (χ2n) is 7.40. The maximum Gasteiger partial charge on any atom is 0.416 e. The average molecular weight is 514 g/mol. The first-order valence-corrected chi connectivity index (χ1v) is 11.6. The van der Waals surface area contributed by atoms with Crippen LogP contribution in [-0.2, 0) is 29.9 Å². The van der Waals surface area contributed by atoms with Crippen molar-refractivity contribution in [2.75, 3.05) is 45.4 Å². The van der Waals surface area contributed by atoms with Crippen LogP contribution < -0.4 is 5.32 Å². The Morgan fingerprint density at radius 2 is 1.79 bits per heavy atom. The van der Waals surface area contributed by atoms with Gasteiger partial charge in [-0.2, -0.15) is 13.2 Å². The lowest BCUT2D eigenvalue weighted by atomic mass is 9.97. The zero-order valence-electron chi connectivity index (χ0n) is 18.6. The smallest absolute Gasteiger partial charge is 0.394 e. The zero-order valence-corrected chi connectivity index (χ0v) is 19.4. The summed E-state index contributed by atoms with van der Waals surface area (Å²) in [6.45, 7) is 1.76. The molecule has 0 radical (unpaired) electrons. The third-order valence-corrected chi connectivity index (χ3v) is 5.75. The predicted octanol–water partition coefficient (Wildman–Crippen LogP) is 0.791. The van der Waals surface area contributed by atoms with E-state index in [0.717, 1.165) is 12.1 Å². The molecule has 0 aliphatic carbocycles. The number of hydrogen-bond acceptors (Lipinski definition) is 9. The molecule has 0 spiro atoms. The van der Waals surface area contributed by atoms with Gasteiger partial charge in [0.05, 0.1) is 45.2 Å². The lowest BCUT2D eigenvalue weighted by Crippen LogP contribution is -2.64. The summed E-state index contributed by atoms with van der Waals surface area (Å²) in [4.78, 5) is 11.9. The number of hydrogen-bond donors (Lipinski definition) is 4. The van der Waals surface area contributed by atoms with E-state index >= 15 is 0 Å². The topological polar surface area (TPSA) is 127 Å². The van der Waals surface area contributed by atoms with E-state index in [1.165, 1.54) is 24.8 Å². The maximum atomic E-state index is 12.7. The van der Waals surface area contributed by atoms with E-state index in [0.29, 0.717) is 17.3 Å². The number of amides is 1. The number of carbonyl (C=O) groups excluding carboxylic acids is 1. The van der Waals surface area contributed by atoms with Gasteiger partial charge in [-0.15, -0.1) is 11.8 Å². The molecule has 1 amide bonds. The van der Waals surface area contributed by atoms with Crippen LogP contribution >= 0.6 is 11.8 Å². The summed E-state index contributed by atoms with van der Waals surface area (Å²) in [7, 11) is 0. The Kier molecular flexibility index (Phi) is 12.0. The number of thioether (sulfide) groups is 1. The van der Waals surface area contributed by atoms with Gasteiger partial charge in [0.2, 0.25) is 5.91 Å². The monoisotopic (exact) mass is 513 g/mol. The fourth-order valence-electron chi connectivity index (χ4n) is 3.14. The van der Waals surface area contributed by atoms with Crippen LogP contribution in [0.25, 0.3) is 0 Å². The summed E-state index contributed by atoms with van der Waals surface area (Å²) in [5, 5.41) is 31.9. The number of benzene rings is 1. The van der Waals surface area contributed by atoms with E-state index in [9.17, 15) is 33.3 Å². The number of ether oxygens (including phenoxy) is 4. The molecule has 1 aromatic rings. The minimum atomic E-state index is -4.37. The number of aliphatic hydroxyl groups is 3. The highest BCUT2D eigenvalue weighted by Crippen LogP contribution is 2.31. The highest BCUT2D eigenvalue weighted by atomic mass is 32.2. The number of rotatable bonds is 13. The number of carbonyl (C=O) groups is 1. The second-order valence-corrected chi connectivity index (χ2v) is 8.57. The Balaban J connectivity index is 1.59. The quantitative estimate of drug-likeness (QED) is 0.224. The van der Waals surface area contributed by atoms with E-state index in [-0.39, 0.29) is 26.4 Å². The van der Waals surface area contributed by atoms with E-state index in [1.807, 2.05) is 0 Å². The molecule has 5 atom stereocenters. The molecule has 1 saturated heterocycles. The number of aliphatic hydroxyl groups excluding tert-OH is 3. The predicted molar refractivity (Wildman–Crippen MR) is 115 cm³/mol. The molecule has 1 aliphatic heterocycles. The van der Waals surface area contributed by atoms with Crippen LogP contribution in [0.15, 0.2) is 29.2 Å². The van der Waals surface area contributed by atoms with Gasteiger partial charge in [-0.1, -0.05) is 6.07 Å². The summed E-state index contributed by atoms with van der Waals surface area (Å²) in [6.07, 6.45) is -9.30.